The summed E-state index contributed by atoms with van der Waals surface area (Å²) >= 11 is 0. The normalized spacial score (nSPS) is 19.1. The van der Waals surface area contributed by atoms with Crippen LogP contribution in [0.25, 0.3) is 17.0 Å². The van der Waals surface area contributed by atoms with Crippen LogP contribution in [0.4, 0.5) is 0 Å². The summed E-state index contributed by atoms with van der Waals surface area (Å²) in [6, 6.07) is 8.11. The molecule has 8 heteroatoms. The van der Waals surface area contributed by atoms with Crippen molar-refractivity contribution in [3.05, 3.63) is 78.5 Å². The van der Waals surface area contributed by atoms with E-state index < -0.39 is 6.23 Å². The molecular formula is C27H32N6O2. The predicted octanol–water partition coefficient (Wildman–Crippen LogP) is 3.33. The Kier molecular flexibility index (Phi) is 6.92. The molecule has 1 fully saturated rings. The van der Waals surface area contributed by atoms with Gasteiger partial charge >= 0.3 is 0 Å². The second-order valence-corrected chi connectivity index (χ2v) is 9.43. The second-order valence-electron chi connectivity index (χ2n) is 9.43. The number of rotatable bonds is 7. The maximum absolute atomic E-state index is 10.5. The summed E-state index contributed by atoms with van der Waals surface area (Å²) in [5, 5.41) is 14.8. The van der Waals surface area contributed by atoms with Crippen LogP contribution in [0.3, 0.4) is 0 Å². The lowest BCUT2D eigenvalue weighted by Gasteiger charge is -2.28. The highest BCUT2D eigenvalue weighted by atomic mass is 16.5. The average molecular weight is 473 g/mol. The zero-order chi connectivity index (χ0) is 24.2. The van der Waals surface area contributed by atoms with Crippen LogP contribution in [-0.2, 0) is 13.6 Å². The average Bonchev–Trinajstić information content (AvgIpc) is 3.32. The quantitative estimate of drug-likeness (QED) is 0.565. The number of aromatic nitrogens is 4. The van der Waals surface area contributed by atoms with Crippen molar-refractivity contribution in [2.45, 2.75) is 25.6 Å². The first-order valence-electron chi connectivity index (χ1n) is 12.1. The number of ether oxygens (including phenoxy) is 1. The van der Waals surface area contributed by atoms with Gasteiger partial charge in [-0.1, -0.05) is 24.3 Å². The SMILES string of the molecule is CN1CCC(COc2cnc(-c3cccc(CN4C=C(c5cnn(C)c5)C=CC4O)c3)nc2)CC1. The van der Waals surface area contributed by atoms with E-state index in [-0.39, 0.29) is 0 Å². The number of likely N-dealkylation sites (tertiary alicyclic amines) is 1. The van der Waals surface area contributed by atoms with E-state index >= 15 is 0 Å². The van der Waals surface area contributed by atoms with E-state index in [0.717, 1.165) is 35.4 Å². The van der Waals surface area contributed by atoms with E-state index in [2.05, 4.69) is 33.1 Å². The molecule has 0 spiro atoms. The van der Waals surface area contributed by atoms with Crippen molar-refractivity contribution < 1.29 is 9.84 Å². The van der Waals surface area contributed by atoms with Gasteiger partial charge in [-0.15, -0.1) is 0 Å². The molecule has 0 radical (unpaired) electrons. The molecule has 0 amide bonds. The molecule has 1 N–H and O–H groups in total. The van der Waals surface area contributed by atoms with Gasteiger partial charge in [0.25, 0.3) is 0 Å². The third kappa shape index (κ3) is 5.78. The Hall–Kier alpha value is -3.49. The number of benzene rings is 1. The summed E-state index contributed by atoms with van der Waals surface area (Å²) in [4.78, 5) is 13.4. The summed E-state index contributed by atoms with van der Waals surface area (Å²) in [7, 11) is 4.06. The van der Waals surface area contributed by atoms with Crippen LogP contribution in [0.5, 0.6) is 5.75 Å². The molecule has 1 aromatic carbocycles. The van der Waals surface area contributed by atoms with Gasteiger partial charge < -0.3 is 19.6 Å². The highest BCUT2D eigenvalue weighted by Gasteiger charge is 2.18. The first kappa shape index (κ1) is 23.3. The number of aliphatic hydroxyl groups excluding tert-OH is 1. The van der Waals surface area contributed by atoms with Gasteiger partial charge in [-0.3, -0.25) is 4.68 Å². The molecular weight excluding hydrogens is 440 g/mol. The second kappa shape index (κ2) is 10.4. The molecule has 0 saturated carbocycles. The first-order chi connectivity index (χ1) is 17.0. The van der Waals surface area contributed by atoms with Crippen molar-refractivity contribution in [3.8, 4) is 17.1 Å². The molecule has 1 saturated heterocycles. The molecule has 2 aromatic heterocycles. The van der Waals surface area contributed by atoms with E-state index in [9.17, 15) is 5.11 Å². The zero-order valence-corrected chi connectivity index (χ0v) is 20.3. The maximum Gasteiger partial charge on any atom is 0.159 e. The van der Waals surface area contributed by atoms with Crippen LogP contribution in [-0.4, -0.2) is 67.6 Å². The Labute approximate surface area is 206 Å². The Morgan fingerprint density at radius 1 is 1.06 bits per heavy atom. The van der Waals surface area contributed by atoms with Crippen LogP contribution in [0, 0.1) is 5.92 Å². The fourth-order valence-corrected chi connectivity index (χ4v) is 4.48. The third-order valence-electron chi connectivity index (χ3n) is 6.63. The van der Waals surface area contributed by atoms with Crippen molar-refractivity contribution in [2.75, 3.05) is 26.7 Å². The molecule has 182 valence electrons. The van der Waals surface area contributed by atoms with Gasteiger partial charge in [-0.2, -0.15) is 5.10 Å². The molecule has 3 aromatic rings. The minimum atomic E-state index is -0.684. The lowest BCUT2D eigenvalue weighted by atomic mass is 9.98. The third-order valence-corrected chi connectivity index (χ3v) is 6.63. The van der Waals surface area contributed by atoms with Crippen molar-refractivity contribution in [1.82, 2.24) is 29.5 Å². The summed E-state index contributed by atoms with van der Waals surface area (Å²) in [6.07, 6.45) is 14.6. The molecule has 1 unspecified atom stereocenters. The van der Waals surface area contributed by atoms with Crippen molar-refractivity contribution in [1.29, 1.82) is 0 Å². The Morgan fingerprint density at radius 2 is 1.86 bits per heavy atom. The van der Waals surface area contributed by atoms with Gasteiger partial charge in [0.1, 0.15) is 6.23 Å². The Bertz CT molecular complexity index is 1190. The summed E-state index contributed by atoms with van der Waals surface area (Å²) in [5.41, 5.74) is 4.02. The largest absolute Gasteiger partial charge is 0.490 e. The van der Waals surface area contributed by atoms with Crippen molar-refractivity contribution in [3.63, 3.8) is 0 Å². The molecule has 5 rings (SSSR count). The number of nitrogens with zero attached hydrogens (tertiary/aromatic N) is 6. The molecule has 0 aliphatic carbocycles. The summed E-state index contributed by atoms with van der Waals surface area (Å²) < 4.78 is 7.73. The van der Waals surface area contributed by atoms with E-state index in [1.807, 2.05) is 54.8 Å². The van der Waals surface area contributed by atoms with Crippen molar-refractivity contribution in [2.24, 2.45) is 13.0 Å². The number of piperidine rings is 1. The molecule has 35 heavy (non-hydrogen) atoms. The van der Waals surface area contributed by atoms with Gasteiger partial charge in [0, 0.05) is 42.7 Å². The monoisotopic (exact) mass is 472 g/mol. The van der Waals surface area contributed by atoms with Gasteiger partial charge in [-0.25, -0.2) is 9.97 Å². The van der Waals surface area contributed by atoms with Crippen LogP contribution < -0.4 is 4.74 Å². The van der Waals surface area contributed by atoms with Crippen LogP contribution in [0.15, 0.2) is 67.4 Å². The number of aliphatic hydroxyl groups is 1. The predicted molar refractivity (Wildman–Crippen MR) is 135 cm³/mol. The lowest BCUT2D eigenvalue weighted by Crippen LogP contribution is -2.32. The smallest absolute Gasteiger partial charge is 0.159 e. The Morgan fingerprint density at radius 3 is 2.60 bits per heavy atom. The minimum absolute atomic E-state index is 0.556. The summed E-state index contributed by atoms with van der Waals surface area (Å²) in [6.45, 7) is 3.53. The topological polar surface area (TPSA) is 79.5 Å². The minimum Gasteiger partial charge on any atom is -0.490 e. The van der Waals surface area contributed by atoms with Crippen LogP contribution in [0.2, 0.25) is 0 Å². The highest BCUT2D eigenvalue weighted by Crippen LogP contribution is 2.25. The molecule has 0 bridgehead atoms. The molecule has 4 heterocycles. The molecule has 2 aliphatic heterocycles. The standard InChI is InChI=1S/C27H32N6O2/c1-31-10-8-20(9-11-31)19-35-25-14-28-27(29-15-25)22-5-3-4-21(12-22)16-33-18-23(6-7-26(33)34)24-13-30-32(2)17-24/h3-7,12-15,17-18,20,26,34H,8-11,16,19H2,1-2H3. The van der Waals surface area contributed by atoms with Crippen molar-refractivity contribution >= 4 is 5.57 Å². The van der Waals surface area contributed by atoms with Gasteiger partial charge in [0.05, 0.1) is 25.2 Å². The maximum atomic E-state index is 10.5. The molecule has 2 aliphatic rings. The number of hydrogen-bond donors (Lipinski definition) is 1. The lowest BCUT2D eigenvalue weighted by molar-refractivity contribution is 0.0730. The van der Waals surface area contributed by atoms with Crippen LogP contribution >= 0.6 is 0 Å². The highest BCUT2D eigenvalue weighted by molar-refractivity contribution is 5.74. The van der Waals surface area contributed by atoms with Gasteiger partial charge in [0.2, 0.25) is 0 Å². The summed E-state index contributed by atoms with van der Waals surface area (Å²) in [5.74, 6) is 1.96. The Balaban J connectivity index is 1.23. The van der Waals surface area contributed by atoms with Gasteiger partial charge in [-0.05, 0) is 56.6 Å². The van der Waals surface area contributed by atoms with Gasteiger partial charge in [0.15, 0.2) is 11.6 Å². The molecule has 8 nitrogen and oxygen atoms in total. The number of aryl methyl sites for hydroxylation is 1. The number of allylic oxidation sites excluding steroid dienone is 2. The van der Waals surface area contributed by atoms with E-state index in [4.69, 9.17) is 4.74 Å². The van der Waals surface area contributed by atoms with Crippen LogP contribution in [0.1, 0.15) is 24.0 Å². The fourth-order valence-electron chi connectivity index (χ4n) is 4.48. The molecule has 1 atom stereocenters. The number of hydrogen-bond acceptors (Lipinski definition) is 7. The van der Waals surface area contributed by atoms with E-state index in [0.29, 0.717) is 30.6 Å². The first-order valence-corrected chi connectivity index (χ1v) is 12.1. The van der Waals surface area contributed by atoms with E-state index in [1.165, 1.54) is 12.8 Å². The van der Waals surface area contributed by atoms with E-state index in [1.54, 1.807) is 23.2 Å². The zero-order valence-electron chi connectivity index (χ0n) is 20.3. The fraction of sp³-hybridized carbons (Fsp3) is 0.370.